The van der Waals surface area contributed by atoms with Crippen molar-refractivity contribution in [2.45, 2.75) is 39.2 Å². The van der Waals surface area contributed by atoms with Crippen molar-refractivity contribution < 1.29 is 13.9 Å². The predicted molar refractivity (Wildman–Crippen MR) is 62.2 cm³/mol. The maximum atomic E-state index is 12.0. The Morgan fingerprint density at radius 2 is 2.29 bits per heavy atom. The van der Waals surface area contributed by atoms with Crippen molar-refractivity contribution in [2.75, 3.05) is 0 Å². The molecular weight excluding hydrogens is 216 g/mol. The van der Waals surface area contributed by atoms with Crippen LogP contribution in [0.5, 0.6) is 0 Å². The standard InChI is InChI=1S/C14H16O3/c1-9-4-3-6-14(2)11(9)13(15)17-12(14)10-5-7-16-8-10/h5,7-8,12H,3-4,6H2,1-2H3/t12?,14-/m1/s1. The predicted octanol–water partition coefficient (Wildman–Crippen LogP) is 3.38. The summed E-state index contributed by atoms with van der Waals surface area (Å²) < 4.78 is 10.7. The highest BCUT2D eigenvalue weighted by molar-refractivity contribution is 5.94. The molecule has 0 spiro atoms. The van der Waals surface area contributed by atoms with Gasteiger partial charge in [0.25, 0.3) is 0 Å². The number of cyclic esters (lactones) is 1. The highest BCUT2D eigenvalue weighted by Crippen LogP contribution is 2.55. The second kappa shape index (κ2) is 3.49. The van der Waals surface area contributed by atoms with Crippen LogP contribution in [0.25, 0.3) is 0 Å². The highest BCUT2D eigenvalue weighted by Gasteiger charge is 2.52. The van der Waals surface area contributed by atoms with Gasteiger partial charge in [0.15, 0.2) is 0 Å². The van der Waals surface area contributed by atoms with Crippen LogP contribution in [0.3, 0.4) is 0 Å². The summed E-state index contributed by atoms with van der Waals surface area (Å²) in [7, 11) is 0. The van der Waals surface area contributed by atoms with Gasteiger partial charge in [-0.05, 0) is 32.3 Å². The number of ether oxygens (including phenoxy) is 1. The number of esters is 1. The first-order valence-electron chi connectivity index (χ1n) is 6.06. The van der Waals surface area contributed by atoms with E-state index in [4.69, 9.17) is 9.15 Å². The Morgan fingerprint density at radius 3 is 3.00 bits per heavy atom. The van der Waals surface area contributed by atoms with Gasteiger partial charge in [-0.1, -0.05) is 12.5 Å². The fourth-order valence-electron chi connectivity index (χ4n) is 3.28. The normalized spacial score (nSPS) is 32.6. The van der Waals surface area contributed by atoms with Crippen molar-refractivity contribution in [3.8, 4) is 0 Å². The van der Waals surface area contributed by atoms with E-state index in [-0.39, 0.29) is 17.5 Å². The van der Waals surface area contributed by atoms with Gasteiger partial charge >= 0.3 is 5.97 Å². The molecule has 3 rings (SSSR count). The van der Waals surface area contributed by atoms with Gasteiger partial charge in [0.05, 0.1) is 12.5 Å². The molecule has 0 bridgehead atoms. The van der Waals surface area contributed by atoms with Gasteiger partial charge in [0, 0.05) is 16.6 Å². The van der Waals surface area contributed by atoms with Crippen molar-refractivity contribution in [1.29, 1.82) is 0 Å². The fourth-order valence-corrected chi connectivity index (χ4v) is 3.28. The lowest BCUT2D eigenvalue weighted by atomic mass is 9.68. The number of furan rings is 1. The van der Waals surface area contributed by atoms with Crippen LogP contribution in [0.2, 0.25) is 0 Å². The summed E-state index contributed by atoms with van der Waals surface area (Å²) in [4.78, 5) is 12.0. The minimum absolute atomic E-state index is 0.143. The quantitative estimate of drug-likeness (QED) is 0.697. The first kappa shape index (κ1) is 10.6. The van der Waals surface area contributed by atoms with E-state index in [1.807, 2.05) is 13.0 Å². The first-order chi connectivity index (χ1) is 8.13. The third kappa shape index (κ3) is 1.38. The van der Waals surface area contributed by atoms with Crippen LogP contribution < -0.4 is 0 Å². The average molecular weight is 232 g/mol. The number of hydrogen-bond donors (Lipinski definition) is 0. The van der Waals surface area contributed by atoms with Gasteiger partial charge in [-0.15, -0.1) is 0 Å². The van der Waals surface area contributed by atoms with E-state index in [1.54, 1.807) is 12.5 Å². The topological polar surface area (TPSA) is 39.4 Å². The van der Waals surface area contributed by atoms with Crippen LogP contribution in [0.4, 0.5) is 0 Å². The van der Waals surface area contributed by atoms with E-state index in [0.29, 0.717) is 0 Å². The zero-order valence-corrected chi connectivity index (χ0v) is 10.2. The Kier molecular flexibility index (Phi) is 2.18. The Morgan fingerprint density at radius 1 is 1.47 bits per heavy atom. The summed E-state index contributed by atoms with van der Waals surface area (Å²) in [5, 5.41) is 0. The monoisotopic (exact) mass is 232 g/mol. The van der Waals surface area contributed by atoms with Crippen molar-refractivity contribution in [1.82, 2.24) is 0 Å². The molecule has 3 nitrogen and oxygen atoms in total. The Bertz CT molecular complexity index is 484. The molecule has 0 radical (unpaired) electrons. The van der Waals surface area contributed by atoms with E-state index in [0.717, 1.165) is 30.4 Å². The lowest BCUT2D eigenvalue weighted by Crippen LogP contribution is -2.26. The summed E-state index contributed by atoms with van der Waals surface area (Å²) in [6, 6.07) is 1.88. The van der Waals surface area contributed by atoms with Crippen molar-refractivity contribution in [3.63, 3.8) is 0 Å². The zero-order valence-electron chi connectivity index (χ0n) is 10.2. The summed E-state index contributed by atoms with van der Waals surface area (Å²) in [5.41, 5.74) is 2.87. The molecule has 2 atom stereocenters. The maximum absolute atomic E-state index is 12.0. The van der Waals surface area contributed by atoms with Crippen LogP contribution in [-0.2, 0) is 9.53 Å². The molecule has 17 heavy (non-hydrogen) atoms. The van der Waals surface area contributed by atoms with Crippen molar-refractivity contribution >= 4 is 5.97 Å². The summed E-state index contributed by atoms with van der Waals surface area (Å²) >= 11 is 0. The maximum Gasteiger partial charge on any atom is 0.335 e. The van der Waals surface area contributed by atoms with Gasteiger partial charge in [0.1, 0.15) is 6.10 Å². The third-order valence-corrected chi connectivity index (χ3v) is 4.10. The van der Waals surface area contributed by atoms with E-state index in [2.05, 4.69) is 6.92 Å². The van der Waals surface area contributed by atoms with Crippen molar-refractivity contribution in [2.24, 2.45) is 5.41 Å². The molecule has 0 N–H and O–H groups in total. The SMILES string of the molecule is CC1=C2C(=O)OC(c3ccoc3)[C@]2(C)CCC1. The highest BCUT2D eigenvalue weighted by atomic mass is 16.6. The number of carbonyl (C=O) groups is 1. The molecular formula is C14H16O3. The molecule has 1 aliphatic carbocycles. The Balaban J connectivity index is 2.11. The smallest absolute Gasteiger partial charge is 0.335 e. The van der Waals surface area contributed by atoms with Gasteiger partial charge in [0.2, 0.25) is 0 Å². The van der Waals surface area contributed by atoms with Crippen LogP contribution in [-0.4, -0.2) is 5.97 Å². The van der Waals surface area contributed by atoms with E-state index in [9.17, 15) is 4.79 Å². The number of allylic oxidation sites excluding steroid dienone is 1. The van der Waals surface area contributed by atoms with Gasteiger partial charge in [-0.25, -0.2) is 4.79 Å². The average Bonchev–Trinajstić information content (AvgIpc) is 2.85. The molecule has 1 aliphatic heterocycles. The largest absolute Gasteiger partial charge is 0.472 e. The number of carbonyl (C=O) groups excluding carboxylic acids is 1. The second-order valence-corrected chi connectivity index (χ2v) is 5.27. The molecule has 0 saturated carbocycles. The van der Waals surface area contributed by atoms with E-state index < -0.39 is 0 Å². The minimum atomic E-state index is -0.181. The molecule has 1 aromatic heterocycles. The molecule has 2 aliphatic rings. The molecule has 1 unspecified atom stereocenters. The zero-order chi connectivity index (χ0) is 12.0. The van der Waals surface area contributed by atoms with Crippen molar-refractivity contribution in [3.05, 3.63) is 35.3 Å². The van der Waals surface area contributed by atoms with Gasteiger partial charge < -0.3 is 9.15 Å². The van der Waals surface area contributed by atoms with Gasteiger partial charge in [-0.3, -0.25) is 0 Å². The molecule has 2 heterocycles. The molecule has 1 fully saturated rings. The van der Waals surface area contributed by atoms with Crippen LogP contribution in [0.15, 0.2) is 34.2 Å². The first-order valence-corrected chi connectivity index (χ1v) is 6.06. The number of hydrogen-bond acceptors (Lipinski definition) is 3. The van der Waals surface area contributed by atoms with Crippen LogP contribution in [0, 0.1) is 5.41 Å². The summed E-state index contributed by atoms with van der Waals surface area (Å²) in [5.74, 6) is -0.143. The van der Waals surface area contributed by atoms with Gasteiger partial charge in [-0.2, -0.15) is 0 Å². The summed E-state index contributed by atoms with van der Waals surface area (Å²) in [6.45, 7) is 4.18. The molecule has 1 aromatic rings. The molecule has 3 heteroatoms. The number of rotatable bonds is 1. The second-order valence-electron chi connectivity index (χ2n) is 5.27. The number of fused-ring (bicyclic) bond motifs is 1. The molecule has 0 aromatic carbocycles. The Hall–Kier alpha value is -1.51. The summed E-state index contributed by atoms with van der Waals surface area (Å²) in [6.07, 6.45) is 6.26. The van der Waals surface area contributed by atoms with Crippen LogP contribution in [0.1, 0.15) is 44.8 Å². The third-order valence-electron chi connectivity index (χ3n) is 4.10. The van der Waals surface area contributed by atoms with E-state index >= 15 is 0 Å². The molecule has 90 valence electrons. The molecule has 0 amide bonds. The van der Waals surface area contributed by atoms with Crippen LogP contribution >= 0.6 is 0 Å². The Labute approximate surface area is 100 Å². The fraction of sp³-hybridized carbons (Fsp3) is 0.500. The molecule has 1 saturated heterocycles. The minimum Gasteiger partial charge on any atom is -0.472 e. The van der Waals surface area contributed by atoms with E-state index in [1.165, 1.54) is 5.57 Å². The lowest BCUT2D eigenvalue weighted by Gasteiger charge is -2.33. The lowest BCUT2D eigenvalue weighted by molar-refractivity contribution is -0.140.